The van der Waals surface area contributed by atoms with Crippen molar-refractivity contribution < 1.29 is 0 Å². The van der Waals surface area contributed by atoms with Crippen LogP contribution in [0.25, 0.3) is 0 Å². The van der Waals surface area contributed by atoms with Crippen LogP contribution in [0.1, 0.15) is 45.1 Å². The van der Waals surface area contributed by atoms with E-state index < -0.39 is 0 Å². The molecule has 1 saturated carbocycles. The molecule has 2 rings (SSSR count). The van der Waals surface area contributed by atoms with Gasteiger partial charge in [-0.2, -0.15) is 5.26 Å². The van der Waals surface area contributed by atoms with Gasteiger partial charge in [-0.1, -0.05) is 38.8 Å². The molecular formula is C15H20N2. The van der Waals surface area contributed by atoms with Crippen molar-refractivity contribution in [3.8, 4) is 6.07 Å². The van der Waals surface area contributed by atoms with E-state index in [1.165, 1.54) is 0 Å². The second-order valence-electron chi connectivity index (χ2n) is 5.38. The molecule has 1 aliphatic rings. The normalized spacial score (nSPS) is 20.3. The highest BCUT2D eigenvalue weighted by Crippen LogP contribution is 2.59. The minimum atomic E-state index is -0.290. The predicted octanol–water partition coefficient (Wildman–Crippen LogP) is 3.63. The van der Waals surface area contributed by atoms with Crippen LogP contribution in [0.5, 0.6) is 0 Å². The van der Waals surface area contributed by atoms with E-state index in [9.17, 15) is 5.26 Å². The van der Waals surface area contributed by atoms with Crippen molar-refractivity contribution in [2.45, 2.75) is 44.9 Å². The summed E-state index contributed by atoms with van der Waals surface area (Å²) in [6.07, 6.45) is 4.28. The van der Waals surface area contributed by atoms with E-state index in [0.717, 1.165) is 36.9 Å². The summed E-state index contributed by atoms with van der Waals surface area (Å²) in [6, 6.07) is 10.3. The van der Waals surface area contributed by atoms with Gasteiger partial charge in [0.2, 0.25) is 0 Å². The summed E-state index contributed by atoms with van der Waals surface area (Å²) in [5.41, 5.74) is 7.74. The van der Waals surface area contributed by atoms with Crippen LogP contribution in [0.3, 0.4) is 0 Å². The van der Waals surface area contributed by atoms with Gasteiger partial charge in [-0.3, -0.25) is 0 Å². The van der Waals surface area contributed by atoms with E-state index >= 15 is 0 Å². The van der Waals surface area contributed by atoms with Crippen LogP contribution in [0.2, 0.25) is 0 Å². The van der Waals surface area contributed by atoms with Crippen LogP contribution in [0.15, 0.2) is 24.3 Å². The first-order valence-electron chi connectivity index (χ1n) is 6.37. The highest BCUT2D eigenvalue weighted by atomic mass is 14.6. The molecule has 1 aromatic rings. The average Bonchev–Trinajstić information content (AvgIpc) is 2.30. The molecule has 1 aliphatic carbocycles. The fourth-order valence-corrected chi connectivity index (χ4v) is 3.16. The standard InChI is InChI=1S/C15H20N2/c1-3-14(4-2)9-15(10-14,11-16)12-6-5-7-13(17)8-12/h5-8H,3-4,9-10,17H2,1-2H3. The third kappa shape index (κ3) is 1.80. The van der Waals surface area contributed by atoms with Gasteiger partial charge in [0.15, 0.2) is 0 Å². The Morgan fingerprint density at radius 1 is 1.29 bits per heavy atom. The van der Waals surface area contributed by atoms with Crippen LogP contribution < -0.4 is 5.73 Å². The van der Waals surface area contributed by atoms with Gasteiger partial charge in [0, 0.05) is 5.69 Å². The summed E-state index contributed by atoms with van der Waals surface area (Å²) in [5.74, 6) is 0. The Bertz CT molecular complexity index is 444. The molecule has 2 N–H and O–H groups in total. The zero-order valence-corrected chi connectivity index (χ0v) is 10.7. The number of benzene rings is 1. The Morgan fingerprint density at radius 3 is 2.41 bits per heavy atom. The molecule has 0 aliphatic heterocycles. The largest absolute Gasteiger partial charge is 0.399 e. The Labute approximate surface area is 103 Å². The Morgan fingerprint density at radius 2 is 1.94 bits per heavy atom. The lowest BCUT2D eigenvalue weighted by Crippen LogP contribution is -2.48. The fourth-order valence-electron chi connectivity index (χ4n) is 3.16. The first kappa shape index (κ1) is 12.0. The summed E-state index contributed by atoms with van der Waals surface area (Å²) in [7, 11) is 0. The van der Waals surface area contributed by atoms with Gasteiger partial charge >= 0.3 is 0 Å². The van der Waals surface area contributed by atoms with Crippen molar-refractivity contribution >= 4 is 5.69 Å². The molecule has 0 radical (unpaired) electrons. The van der Waals surface area contributed by atoms with E-state index in [2.05, 4.69) is 19.9 Å². The molecule has 0 amide bonds. The average molecular weight is 228 g/mol. The molecule has 0 atom stereocenters. The van der Waals surface area contributed by atoms with Crippen LogP contribution in [0.4, 0.5) is 5.69 Å². The summed E-state index contributed by atoms with van der Waals surface area (Å²) < 4.78 is 0. The number of anilines is 1. The van der Waals surface area contributed by atoms with Gasteiger partial charge < -0.3 is 5.73 Å². The molecule has 0 unspecified atom stereocenters. The molecule has 0 bridgehead atoms. The van der Waals surface area contributed by atoms with E-state index in [1.54, 1.807) is 0 Å². The molecule has 1 fully saturated rings. The number of nitriles is 1. The molecule has 0 heterocycles. The quantitative estimate of drug-likeness (QED) is 0.803. The number of nitrogens with zero attached hydrogens (tertiary/aromatic N) is 1. The molecule has 90 valence electrons. The molecule has 0 spiro atoms. The van der Waals surface area contributed by atoms with Crippen LogP contribution in [-0.4, -0.2) is 0 Å². The second kappa shape index (κ2) is 4.07. The van der Waals surface area contributed by atoms with Gasteiger partial charge in [-0.25, -0.2) is 0 Å². The zero-order chi connectivity index (χ0) is 12.5. The summed E-state index contributed by atoms with van der Waals surface area (Å²) in [6.45, 7) is 4.45. The highest BCUT2D eigenvalue weighted by molar-refractivity contribution is 5.47. The van der Waals surface area contributed by atoms with Gasteiger partial charge in [-0.05, 0) is 36.0 Å². The maximum Gasteiger partial charge on any atom is 0.0833 e. The zero-order valence-electron chi connectivity index (χ0n) is 10.7. The van der Waals surface area contributed by atoms with E-state index in [1.807, 2.05) is 24.3 Å². The topological polar surface area (TPSA) is 49.8 Å². The van der Waals surface area contributed by atoms with E-state index in [-0.39, 0.29) is 5.41 Å². The first-order valence-corrected chi connectivity index (χ1v) is 6.37. The maximum absolute atomic E-state index is 9.51. The van der Waals surface area contributed by atoms with Gasteiger partial charge in [-0.15, -0.1) is 0 Å². The van der Waals surface area contributed by atoms with E-state index in [4.69, 9.17) is 5.73 Å². The van der Waals surface area contributed by atoms with Crippen LogP contribution in [0, 0.1) is 16.7 Å². The molecule has 1 aromatic carbocycles. The molecular weight excluding hydrogens is 208 g/mol. The minimum absolute atomic E-state index is 0.290. The lowest BCUT2D eigenvalue weighted by molar-refractivity contribution is 0.0480. The summed E-state index contributed by atoms with van der Waals surface area (Å²) >= 11 is 0. The minimum Gasteiger partial charge on any atom is -0.399 e. The summed E-state index contributed by atoms with van der Waals surface area (Å²) in [5, 5.41) is 9.51. The van der Waals surface area contributed by atoms with Crippen molar-refractivity contribution in [2.75, 3.05) is 5.73 Å². The number of hydrogen-bond acceptors (Lipinski definition) is 2. The van der Waals surface area contributed by atoms with Crippen LogP contribution >= 0.6 is 0 Å². The molecule has 2 nitrogen and oxygen atoms in total. The van der Waals surface area contributed by atoms with Crippen molar-refractivity contribution in [3.05, 3.63) is 29.8 Å². The Kier molecular flexibility index (Phi) is 2.87. The Balaban J connectivity index is 2.29. The van der Waals surface area contributed by atoms with E-state index in [0.29, 0.717) is 5.41 Å². The number of nitrogens with two attached hydrogens (primary N) is 1. The van der Waals surface area contributed by atoms with Gasteiger partial charge in [0.25, 0.3) is 0 Å². The first-order chi connectivity index (χ1) is 8.10. The predicted molar refractivity (Wildman–Crippen MR) is 70.4 cm³/mol. The van der Waals surface area contributed by atoms with Gasteiger partial charge in [0.1, 0.15) is 0 Å². The maximum atomic E-state index is 9.51. The lowest BCUT2D eigenvalue weighted by Gasteiger charge is -2.53. The molecule has 0 aromatic heterocycles. The lowest BCUT2D eigenvalue weighted by atomic mass is 9.49. The second-order valence-corrected chi connectivity index (χ2v) is 5.38. The van der Waals surface area contributed by atoms with Crippen molar-refractivity contribution in [3.63, 3.8) is 0 Å². The van der Waals surface area contributed by atoms with Gasteiger partial charge in [0.05, 0.1) is 11.5 Å². The Hall–Kier alpha value is -1.49. The molecule has 0 saturated heterocycles. The SMILES string of the molecule is CCC1(CC)CC(C#N)(c2cccc(N)c2)C1. The molecule has 17 heavy (non-hydrogen) atoms. The monoisotopic (exact) mass is 228 g/mol. The number of rotatable bonds is 3. The number of nitrogen functional groups attached to an aromatic ring is 1. The smallest absolute Gasteiger partial charge is 0.0833 e. The third-order valence-electron chi connectivity index (χ3n) is 4.51. The summed E-state index contributed by atoms with van der Waals surface area (Å²) in [4.78, 5) is 0. The fraction of sp³-hybridized carbons (Fsp3) is 0.533. The van der Waals surface area contributed by atoms with Crippen molar-refractivity contribution in [2.24, 2.45) is 5.41 Å². The van der Waals surface area contributed by atoms with Crippen LogP contribution in [-0.2, 0) is 5.41 Å². The van der Waals surface area contributed by atoms with Crippen molar-refractivity contribution in [1.29, 1.82) is 5.26 Å². The number of hydrogen-bond donors (Lipinski definition) is 1. The third-order valence-corrected chi connectivity index (χ3v) is 4.51. The highest BCUT2D eigenvalue weighted by Gasteiger charge is 2.53. The molecule has 2 heteroatoms. The van der Waals surface area contributed by atoms with Crippen molar-refractivity contribution in [1.82, 2.24) is 0 Å².